The summed E-state index contributed by atoms with van der Waals surface area (Å²) >= 11 is 12.2. The second-order valence-corrected chi connectivity index (χ2v) is 9.59. The molecule has 0 fully saturated rings. The van der Waals surface area contributed by atoms with Crippen LogP contribution in [-0.2, 0) is 6.54 Å². The highest BCUT2D eigenvalue weighted by Gasteiger charge is 2.40. The van der Waals surface area contributed by atoms with Crippen LogP contribution in [0.2, 0.25) is 10.0 Å². The summed E-state index contributed by atoms with van der Waals surface area (Å²) < 4.78 is 1.56. The number of primary amides is 1. The van der Waals surface area contributed by atoms with Gasteiger partial charge >= 0.3 is 6.03 Å². The van der Waals surface area contributed by atoms with Crippen molar-refractivity contribution in [2.24, 2.45) is 5.73 Å². The number of nitrogens with two attached hydrogens (primary N) is 1. The molecule has 9 nitrogen and oxygen atoms in total. The molecule has 1 aliphatic heterocycles. The smallest absolute Gasteiger partial charge is 0.322 e. The Labute approximate surface area is 211 Å². The Balaban J connectivity index is 1.76. The highest BCUT2D eigenvalue weighted by atomic mass is 35.5. The van der Waals surface area contributed by atoms with Crippen LogP contribution in [0.3, 0.4) is 0 Å². The Kier molecular flexibility index (Phi) is 6.47. The van der Waals surface area contributed by atoms with Crippen molar-refractivity contribution in [1.29, 1.82) is 5.26 Å². The quantitative estimate of drug-likeness (QED) is 0.481. The summed E-state index contributed by atoms with van der Waals surface area (Å²) in [5.41, 5.74) is 6.77. The lowest BCUT2D eigenvalue weighted by atomic mass is 9.95. The van der Waals surface area contributed by atoms with Crippen LogP contribution in [0, 0.1) is 11.3 Å². The lowest BCUT2D eigenvalue weighted by Gasteiger charge is -2.39. The zero-order valence-electron chi connectivity index (χ0n) is 18.9. The van der Waals surface area contributed by atoms with Gasteiger partial charge in [-0.1, -0.05) is 29.3 Å². The van der Waals surface area contributed by atoms with E-state index in [2.05, 4.69) is 10.4 Å². The minimum Gasteiger partial charge on any atom is -0.388 e. The summed E-state index contributed by atoms with van der Waals surface area (Å²) in [7, 11) is 0. The number of halogens is 2. The fraction of sp³-hybridized carbons (Fsp3) is 0.250. The molecule has 1 aromatic heterocycles. The molecule has 0 saturated carbocycles. The number of urea groups is 1. The van der Waals surface area contributed by atoms with Crippen molar-refractivity contribution in [3.63, 3.8) is 0 Å². The first-order valence-corrected chi connectivity index (χ1v) is 11.4. The van der Waals surface area contributed by atoms with E-state index in [9.17, 15) is 14.7 Å². The SMILES string of the molecule is CC(C)(O)C1CN(C(=O)Nc2ccc(C#N)cc2)Cc2c(C(N)=O)c(-c3ccc(Cl)c(Cl)c3)nn21. The van der Waals surface area contributed by atoms with Crippen molar-refractivity contribution < 1.29 is 14.7 Å². The molecule has 1 aliphatic rings. The molecule has 11 heteroatoms. The van der Waals surface area contributed by atoms with E-state index in [1.807, 2.05) is 6.07 Å². The van der Waals surface area contributed by atoms with Crippen LogP contribution >= 0.6 is 23.2 Å². The lowest BCUT2D eigenvalue weighted by Crippen LogP contribution is -2.50. The first kappa shape index (κ1) is 24.5. The number of fused-ring (bicyclic) bond motifs is 1. The van der Waals surface area contributed by atoms with Gasteiger partial charge in [0.2, 0.25) is 0 Å². The maximum atomic E-state index is 13.1. The van der Waals surface area contributed by atoms with Gasteiger partial charge in [-0.3, -0.25) is 9.48 Å². The minimum atomic E-state index is -1.29. The van der Waals surface area contributed by atoms with Gasteiger partial charge in [-0.15, -0.1) is 0 Å². The van der Waals surface area contributed by atoms with E-state index in [-0.39, 0.29) is 29.4 Å². The summed E-state index contributed by atoms with van der Waals surface area (Å²) in [5.74, 6) is -0.726. The molecule has 1 unspecified atom stereocenters. The maximum Gasteiger partial charge on any atom is 0.322 e. The van der Waals surface area contributed by atoms with Crippen molar-refractivity contribution >= 4 is 40.8 Å². The third-order valence-corrected chi connectivity index (χ3v) is 6.59. The number of nitrogens with one attached hydrogen (secondary N) is 1. The largest absolute Gasteiger partial charge is 0.388 e. The zero-order valence-corrected chi connectivity index (χ0v) is 20.4. The maximum absolute atomic E-state index is 13.1. The second kappa shape index (κ2) is 9.23. The number of nitriles is 1. The predicted octanol–water partition coefficient (Wildman–Crippen LogP) is 4.19. The number of carbonyl (C=O) groups excluding carboxylic acids is 2. The average molecular weight is 513 g/mol. The molecule has 3 aromatic rings. The van der Waals surface area contributed by atoms with Crippen LogP contribution in [0.25, 0.3) is 11.3 Å². The first-order valence-electron chi connectivity index (χ1n) is 10.6. The van der Waals surface area contributed by atoms with Gasteiger partial charge in [0.1, 0.15) is 5.69 Å². The number of carbonyl (C=O) groups is 2. The second-order valence-electron chi connectivity index (χ2n) is 8.78. The Morgan fingerprint density at radius 3 is 2.46 bits per heavy atom. The van der Waals surface area contributed by atoms with Crippen LogP contribution in [0.5, 0.6) is 0 Å². The van der Waals surface area contributed by atoms with E-state index >= 15 is 0 Å². The fourth-order valence-corrected chi connectivity index (χ4v) is 4.32. The topological polar surface area (TPSA) is 137 Å². The van der Waals surface area contributed by atoms with Crippen molar-refractivity contribution in [2.45, 2.75) is 32.0 Å². The van der Waals surface area contributed by atoms with Gasteiger partial charge in [0.05, 0.1) is 51.1 Å². The van der Waals surface area contributed by atoms with Crippen molar-refractivity contribution in [2.75, 3.05) is 11.9 Å². The molecular weight excluding hydrogens is 491 g/mol. The van der Waals surface area contributed by atoms with Crippen molar-refractivity contribution in [3.8, 4) is 17.3 Å². The van der Waals surface area contributed by atoms with E-state index in [1.165, 1.54) is 4.90 Å². The molecular formula is C24H22Cl2N6O3. The van der Waals surface area contributed by atoms with E-state index in [1.54, 1.807) is 61.0 Å². The molecule has 0 bridgehead atoms. The Morgan fingerprint density at radius 1 is 1.20 bits per heavy atom. The van der Waals surface area contributed by atoms with Crippen LogP contribution in [-0.4, -0.2) is 43.9 Å². The molecule has 4 N–H and O–H groups in total. The number of hydrogen-bond donors (Lipinski definition) is 3. The highest BCUT2D eigenvalue weighted by Crippen LogP contribution is 2.37. The number of aliphatic hydroxyl groups is 1. The minimum absolute atomic E-state index is 0.0291. The molecule has 35 heavy (non-hydrogen) atoms. The highest BCUT2D eigenvalue weighted by molar-refractivity contribution is 6.42. The van der Waals surface area contributed by atoms with Gasteiger partial charge in [-0.2, -0.15) is 10.4 Å². The lowest BCUT2D eigenvalue weighted by molar-refractivity contribution is -0.00374. The normalized spacial score (nSPS) is 15.3. The predicted molar refractivity (Wildman–Crippen MR) is 132 cm³/mol. The van der Waals surface area contributed by atoms with Crippen LogP contribution < -0.4 is 11.1 Å². The van der Waals surface area contributed by atoms with Crippen LogP contribution in [0.4, 0.5) is 10.5 Å². The molecule has 2 heterocycles. The number of hydrogen-bond acceptors (Lipinski definition) is 5. The Hall–Kier alpha value is -3.58. The summed E-state index contributed by atoms with van der Waals surface area (Å²) in [5, 5.41) is 27.9. The van der Waals surface area contributed by atoms with E-state index in [4.69, 9.17) is 34.2 Å². The fourth-order valence-electron chi connectivity index (χ4n) is 4.02. The molecule has 3 amide bonds. The number of anilines is 1. The molecule has 0 saturated heterocycles. The molecule has 0 radical (unpaired) electrons. The molecule has 4 rings (SSSR count). The first-order chi connectivity index (χ1) is 16.5. The molecule has 180 valence electrons. The van der Waals surface area contributed by atoms with Gasteiger partial charge < -0.3 is 21.1 Å². The Morgan fingerprint density at radius 2 is 1.89 bits per heavy atom. The molecule has 2 aromatic carbocycles. The molecule has 0 aliphatic carbocycles. The summed E-state index contributed by atoms with van der Waals surface area (Å²) in [6.07, 6.45) is 0. The number of nitrogens with zero attached hydrogens (tertiary/aromatic N) is 4. The molecule has 1 atom stereocenters. The average Bonchev–Trinajstić information content (AvgIpc) is 3.19. The van der Waals surface area contributed by atoms with Gasteiger partial charge in [-0.05, 0) is 50.2 Å². The van der Waals surface area contributed by atoms with Crippen LogP contribution in [0.1, 0.15) is 41.5 Å². The number of aromatic nitrogens is 2. The van der Waals surface area contributed by atoms with Gasteiger partial charge in [0, 0.05) is 17.8 Å². The summed E-state index contributed by atoms with van der Waals surface area (Å²) in [6, 6.07) is 12.2. The van der Waals surface area contributed by atoms with Gasteiger partial charge in [0.25, 0.3) is 5.91 Å². The summed E-state index contributed by atoms with van der Waals surface area (Å²) in [6.45, 7) is 3.36. The summed E-state index contributed by atoms with van der Waals surface area (Å²) in [4.78, 5) is 27.2. The Bertz CT molecular complexity index is 1360. The van der Waals surface area contributed by atoms with Gasteiger partial charge in [0.15, 0.2) is 0 Å². The van der Waals surface area contributed by atoms with Crippen LogP contribution in [0.15, 0.2) is 42.5 Å². The number of benzene rings is 2. The third-order valence-electron chi connectivity index (χ3n) is 5.85. The monoisotopic (exact) mass is 512 g/mol. The van der Waals surface area contributed by atoms with Crippen molar-refractivity contribution in [1.82, 2.24) is 14.7 Å². The van der Waals surface area contributed by atoms with E-state index in [0.29, 0.717) is 27.5 Å². The standard InChI is InChI=1S/C24H22Cl2N6O3/c1-24(2,35)19-12-31(23(34)29-15-6-3-13(10-27)4-7-15)11-18-20(22(28)33)21(30-32(18)19)14-5-8-16(25)17(26)9-14/h3-9,19,35H,11-12H2,1-2H3,(H2,28,33)(H,29,34). The number of amides is 3. The van der Waals surface area contributed by atoms with Gasteiger partial charge in [-0.25, -0.2) is 4.79 Å². The van der Waals surface area contributed by atoms with E-state index < -0.39 is 23.6 Å². The van der Waals surface area contributed by atoms with Crippen molar-refractivity contribution in [3.05, 3.63) is 69.3 Å². The van der Waals surface area contributed by atoms with E-state index in [0.717, 1.165) is 0 Å². The number of rotatable bonds is 4. The zero-order chi connectivity index (χ0) is 25.5. The molecule has 0 spiro atoms. The third kappa shape index (κ3) is 4.82.